The van der Waals surface area contributed by atoms with Crippen LogP contribution in [0, 0.1) is 5.92 Å². The number of carbonyl (C=O) groups is 2. The zero-order chi connectivity index (χ0) is 31.8. The number of hydrogen-bond acceptors (Lipinski definition) is 7. The van der Waals surface area contributed by atoms with Crippen LogP contribution in [0.2, 0.25) is 0 Å². The van der Waals surface area contributed by atoms with E-state index in [-0.39, 0.29) is 49.2 Å². The Morgan fingerprint density at radius 2 is 1.48 bits per heavy atom. The molecule has 2 amide bonds. The normalized spacial score (nSPS) is 24.8. The minimum absolute atomic E-state index is 0.00890. The summed E-state index contributed by atoms with van der Waals surface area (Å²) in [7, 11) is 0. The Kier molecular flexibility index (Phi) is 8.55. The smallest absolute Gasteiger partial charge is 0.261 e. The summed E-state index contributed by atoms with van der Waals surface area (Å²) in [6.45, 7) is 4.54. The predicted molar refractivity (Wildman–Crippen MR) is 173 cm³/mol. The summed E-state index contributed by atoms with van der Waals surface area (Å²) < 4.78 is 13.2. The first-order valence-electron chi connectivity index (χ1n) is 15.9. The van der Waals surface area contributed by atoms with Gasteiger partial charge in [0.2, 0.25) is 0 Å². The molecule has 0 saturated carbocycles. The molecule has 46 heavy (non-hydrogen) atoms. The van der Waals surface area contributed by atoms with E-state index in [0.29, 0.717) is 24.2 Å². The maximum atomic E-state index is 12.9. The average molecular weight is 619 g/mol. The maximum Gasteiger partial charge on any atom is 0.261 e. The van der Waals surface area contributed by atoms with Crippen LogP contribution in [0.15, 0.2) is 97.1 Å². The Morgan fingerprint density at radius 3 is 2.13 bits per heavy atom. The number of carbonyl (C=O) groups excluding carboxylic acids is 2. The molecule has 0 spiro atoms. The van der Waals surface area contributed by atoms with Crippen LogP contribution < -0.4 is 0 Å². The first-order chi connectivity index (χ1) is 22.4. The van der Waals surface area contributed by atoms with Crippen LogP contribution in [0.25, 0.3) is 11.1 Å². The van der Waals surface area contributed by atoms with Gasteiger partial charge >= 0.3 is 0 Å². The van der Waals surface area contributed by atoms with Crippen LogP contribution in [0.4, 0.5) is 0 Å². The zero-order valence-electron chi connectivity index (χ0n) is 25.8. The number of β-amino-alcohol motifs (C(OH)–C–C–N with tert-alkyl or cyclic N) is 1. The Labute approximate surface area is 268 Å². The molecule has 236 valence electrons. The van der Waals surface area contributed by atoms with Crippen LogP contribution in [0.1, 0.15) is 68.7 Å². The molecule has 3 heterocycles. The van der Waals surface area contributed by atoms with Gasteiger partial charge in [0.1, 0.15) is 0 Å². The highest BCUT2D eigenvalue weighted by atomic mass is 16.7. The van der Waals surface area contributed by atoms with Crippen molar-refractivity contribution >= 4 is 11.8 Å². The van der Waals surface area contributed by atoms with E-state index in [2.05, 4.69) is 11.8 Å². The number of hydrogen-bond donors (Lipinski definition) is 2. The molecule has 0 aliphatic carbocycles. The van der Waals surface area contributed by atoms with Gasteiger partial charge in [-0.2, -0.15) is 0 Å². The summed E-state index contributed by atoms with van der Waals surface area (Å²) >= 11 is 0. The largest absolute Gasteiger partial charge is 0.392 e. The van der Waals surface area contributed by atoms with E-state index < -0.39 is 6.29 Å². The van der Waals surface area contributed by atoms with Gasteiger partial charge in [-0.15, -0.1) is 0 Å². The van der Waals surface area contributed by atoms with Crippen molar-refractivity contribution in [3.05, 3.63) is 130 Å². The molecule has 0 bridgehead atoms. The Balaban J connectivity index is 1.10. The number of aliphatic hydroxyl groups is 2. The molecule has 4 aromatic carbocycles. The third kappa shape index (κ3) is 6.02. The van der Waals surface area contributed by atoms with E-state index in [1.165, 1.54) is 4.90 Å². The number of fused-ring (bicyclic) bond motifs is 1. The van der Waals surface area contributed by atoms with Crippen molar-refractivity contribution in [2.24, 2.45) is 5.92 Å². The van der Waals surface area contributed by atoms with Gasteiger partial charge in [-0.25, -0.2) is 0 Å². The number of imide groups is 1. The van der Waals surface area contributed by atoms with E-state index in [1.807, 2.05) is 72.8 Å². The second-order valence-corrected chi connectivity index (χ2v) is 12.6. The first kappa shape index (κ1) is 30.5. The van der Waals surface area contributed by atoms with Gasteiger partial charge < -0.3 is 19.7 Å². The second-order valence-electron chi connectivity index (χ2n) is 12.6. The molecule has 2 saturated heterocycles. The number of aliphatic hydroxyl groups excluding tert-OH is 2. The summed E-state index contributed by atoms with van der Waals surface area (Å²) in [6, 6.07) is 30.9. The molecule has 4 aromatic rings. The summed E-state index contributed by atoms with van der Waals surface area (Å²) in [5, 5.41) is 19.6. The minimum Gasteiger partial charge on any atom is -0.392 e. The quantitative estimate of drug-likeness (QED) is 0.252. The van der Waals surface area contributed by atoms with Gasteiger partial charge in [0.15, 0.2) is 6.29 Å². The Bertz CT molecular complexity index is 1690. The second kappa shape index (κ2) is 12.9. The van der Waals surface area contributed by atoms with Gasteiger partial charge in [0.05, 0.1) is 42.6 Å². The summed E-state index contributed by atoms with van der Waals surface area (Å²) in [6.07, 6.45) is -0.418. The van der Waals surface area contributed by atoms with Gasteiger partial charge in [-0.05, 0) is 52.4 Å². The van der Waals surface area contributed by atoms with Crippen LogP contribution in [0.3, 0.4) is 0 Å². The van der Waals surface area contributed by atoms with Crippen LogP contribution >= 0.6 is 0 Å². The lowest BCUT2D eigenvalue weighted by atomic mass is 9.90. The fraction of sp³-hybridized carbons (Fsp3) is 0.316. The molecule has 2 N–H and O–H groups in total. The van der Waals surface area contributed by atoms with Crippen molar-refractivity contribution < 1.29 is 29.3 Å². The highest BCUT2D eigenvalue weighted by Gasteiger charge is 2.40. The SMILES string of the molecule is C[C@H]1[C@@H](CN2CC[C@H](O)C2)O[C@@H](c2ccc(-c3cccc(CN4C(=O)c5ccccc5C4=O)c3)cc2)O[C@H]1c1ccc(CO)cc1. The lowest BCUT2D eigenvalue weighted by Gasteiger charge is -2.42. The van der Waals surface area contributed by atoms with Crippen molar-refractivity contribution in [2.45, 2.75) is 51.1 Å². The molecule has 5 atom stereocenters. The molecule has 0 radical (unpaired) electrons. The molecule has 8 nitrogen and oxygen atoms in total. The van der Waals surface area contributed by atoms with Gasteiger partial charge in [-0.1, -0.05) is 85.8 Å². The molecule has 8 heteroatoms. The number of ether oxygens (including phenoxy) is 2. The molecule has 7 rings (SSSR count). The lowest BCUT2D eigenvalue weighted by molar-refractivity contribution is -0.276. The highest BCUT2D eigenvalue weighted by molar-refractivity contribution is 6.21. The Hall–Kier alpha value is -4.18. The van der Waals surface area contributed by atoms with Crippen LogP contribution in [-0.4, -0.2) is 63.7 Å². The molecule has 3 aliphatic heterocycles. The summed E-state index contributed by atoms with van der Waals surface area (Å²) in [4.78, 5) is 29.4. The van der Waals surface area contributed by atoms with E-state index >= 15 is 0 Å². The van der Waals surface area contributed by atoms with E-state index in [9.17, 15) is 19.8 Å². The fourth-order valence-corrected chi connectivity index (χ4v) is 6.81. The van der Waals surface area contributed by atoms with Gasteiger partial charge in [0, 0.05) is 31.1 Å². The molecule has 2 fully saturated rings. The van der Waals surface area contributed by atoms with E-state index in [4.69, 9.17) is 9.47 Å². The zero-order valence-corrected chi connectivity index (χ0v) is 25.8. The number of nitrogens with zero attached hydrogens (tertiary/aromatic N) is 2. The first-order valence-corrected chi connectivity index (χ1v) is 15.9. The number of likely N-dealkylation sites (tertiary alicyclic amines) is 1. The average Bonchev–Trinajstić information content (AvgIpc) is 3.61. The van der Waals surface area contributed by atoms with Crippen molar-refractivity contribution in [1.82, 2.24) is 9.80 Å². The molecular weight excluding hydrogens is 580 g/mol. The van der Waals surface area contributed by atoms with Crippen molar-refractivity contribution in [1.29, 1.82) is 0 Å². The topological polar surface area (TPSA) is 99.5 Å². The maximum absolute atomic E-state index is 12.9. The lowest BCUT2D eigenvalue weighted by Crippen LogP contribution is -2.44. The van der Waals surface area contributed by atoms with Crippen LogP contribution in [-0.2, 0) is 22.6 Å². The van der Waals surface area contributed by atoms with Crippen molar-refractivity contribution in [3.63, 3.8) is 0 Å². The van der Waals surface area contributed by atoms with Crippen molar-refractivity contribution in [2.75, 3.05) is 19.6 Å². The standard InChI is InChI=1S/C38H38N2O6/c1-24-34(22-39-18-17-31(42)21-39)45-38(46-35(24)28-11-9-25(23-41)10-12-28)29-15-13-27(14-16-29)30-6-4-5-26(19-30)20-40-36(43)32-7-2-3-8-33(32)37(40)44/h2-16,19,24,31,34-35,38,41-42H,17-18,20-23H2,1H3/t24-,31-,34+,35+,38+/m0/s1. The molecule has 3 aliphatic rings. The summed E-state index contributed by atoms with van der Waals surface area (Å²) in [5.41, 5.74) is 6.54. The predicted octanol–water partition coefficient (Wildman–Crippen LogP) is 5.50. The number of benzene rings is 4. The van der Waals surface area contributed by atoms with Gasteiger partial charge in [0.25, 0.3) is 11.8 Å². The Morgan fingerprint density at radius 1 is 0.783 bits per heavy atom. The molecule has 0 aromatic heterocycles. The number of rotatable bonds is 8. The number of amides is 2. The van der Waals surface area contributed by atoms with Gasteiger partial charge in [-0.3, -0.25) is 19.4 Å². The van der Waals surface area contributed by atoms with E-state index in [0.717, 1.165) is 46.3 Å². The summed E-state index contributed by atoms with van der Waals surface area (Å²) in [5.74, 6) is -0.462. The van der Waals surface area contributed by atoms with E-state index in [1.54, 1.807) is 24.3 Å². The fourth-order valence-electron chi connectivity index (χ4n) is 6.81. The third-order valence-electron chi connectivity index (χ3n) is 9.47. The van der Waals surface area contributed by atoms with Crippen LogP contribution in [0.5, 0.6) is 0 Å². The molecular formula is C38H38N2O6. The minimum atomic E-state index is -0.578. The molecule has 0 unspecified atom stereocenters. The van der Waals surface area contributed by atoms with Crippen molar-refractivity contribution in [3.8, 4) is 11.1 Å². The highest BCUT2D eigenvalue weighted by Crippen LogP contribution is 2.42. The monoisotopic (exact) mass is 618 g/mol. The third-order valence-corrected chi connectivity index (χ3v) is 9.47.